The first kappa shape index (κ1) is 9.65. The smallest absolute Gasteiger partial charge is 0.0571 e. The van der Waals surface area contributed by atoms with Crippen LogP contribution in [0.25, 0.3) is 10.9 Å². The molecule has 0 saturated heterocycles. The van der Waals surface area contributed by atoms with Crippen LogP contribution in [0.15, 0.2) is 30.5 Å². The van der Waals surface area contributed by atoms with Gasteiger partial charge in [-0.3, -0.25) is 0 Å². The van der Waals surface area contributed by atoms with Crippen LogP contribution in [0.5, 0.6) is 0 Å². The number of hydrogen-bond acceptors (Lipinski definition) is 1. The maximum atomic E-state index is 5.64. The van der Waals surface area contributed by atoms with E-state index >= 15 is 0 Å². The second kappa shape index (κ2) is 4.55. The number of nitrogen functional groups attached to an aromatic ring is 1. The van der Waals surface area contributed by atoms with Crippen molar-refractivity contribution in [3.63, 3.8) is 0 Å². The molecule has 0 aliphatic carbocycles. The maximum Gasteiger partial charge on any atom is 0.0571 e. The van der Waals surface area contributed by atoms with Crippen LogP contribution < -0.4 is 5.73 Å². The lowest BCUT2D eigenvalue weighted by Gasteiger charge is -1.87. The molecule has 0 fully saturated rings. The van der Waals surface area contributed by atoms with Gasteiger partial charge in [0.25, 0.3) is 0 Å². The van der Waals surface area contributed by atoms with E-state index in [0.29, 0.717) is 0 Å². The Bertz CT molecular complexity index is 363. The van der Waals surface area contributed by atoms with E-state index in [9.17, 15) is 0 Å². The Hall–Kier alpha value is -1.44. The largest absolute Gasteiger partial charge is 0.397 e. The summed E-state index contributed by atoms with van der Waals surface area (Å²) in [5.41, 5.74) is 7.56. The number of hydrogen-bond donors (Lipinski definition) is 2. The summed E-state index contributed by atoms with van der Waals surface area (Å²) >= 11 is 0. The summed E-state index contributed by atoms with van der Waals surface area (Å²) in [6, 6.07) is 7.97. The summed E-state index contributed by atoms with van der Waals surface area (Å²) in [7, 11) is 0. The molecule has 1 heterocycles. The second-order valence-corrected chi connectivity index (χ2v) is 3.00. The molecule has 0 amide bonds. The van der Waals surface area contributed by atoms with E-state index in [1.54, 1.807) is 0 Å². The van der Waals surface area contributed by atoms with Crippen molar-refractivity contribution in [2.75, 3.05) is 5.73 Å². The number of aromatic nitrogens is 1. The molecule has 0 radical (unpaired) electrons. The van der Waals surface area contributed by atoms with E-state index in [2.05, 4.69) is 18.8 Å². The van der Waals surface area contributed by atoms with E-state index < -0.39 is 0 Å². The highest BCUT2D eigenvalue weighted by Gasteiger charge is 1.95. The molecule has 0 aliphatic heterocycles. The number of anilines is 1. The number of nitrogens with one attached hydrogen (secondary N) is 1. The van der Waals surface area contributed by atoms with Gasteiger partial charge in [0.05, 0.1) is 5.69 Å². The van der Waals surface area contributed by atoms with Crippen molar-refractivity contribution in [2.45, 2.75) is 20.3 Å². The Morgan fingerprint density at radius 3 is 2.46 bits per heavy atom. The maximum absolute atomic E-state index is 5.64. The Balaban J connectivity index is 0.000000251. The average Bonchev–Trinajstić information content (AvgIpc) is 2.50. The lowest BCUT2D eigenvalue weighted by Crippen LogP contribution is -1.78. The SMILES string of the molecule is CCC.Nc1c[nH]c2ccccc12. The lowest BCUT2D eigenvalue weighted by atomic mass is 10.2. The minimum atomic E-state index is 0.815. The number of aromatic amines is 1. The minimum absolute atomic E-state index is 0.815. The van der Waals surface area contributed by atoms with Crippen LogP contribution in [0.3, 0.4) is 0 Å². The zero-order chi connectivity index (χ0) is 9.68. The van der Waals surface area contributed by atoms with Gasteiger partial charge in [0, 0.05) is 17.1 Å². The number of rotatable bonds is 0. The van der Waals surface area contributed by atoms with Crippen LogP contribution in [-0.4, -0.2) is 4.98 Å². The number of benzene rings is 1. The van der Waals surface area contributed by atoms with E-state index in [1.165, 1.54) is 6.42 Å². The molecule has 0 aliphatic rings. The van der Waals surface area contributed by atoms with E-state index in [0.717, 1.165) is 16.6 Å². The number of nitrogens with two attached hydrogens (primary N) is 1. The Kier molecular flexibility index (Phi) is 3.38. The molecule has 70 valence electrons. The topological polar surface area (TPSA) is 41.8 Å². The summed E-state index contributed by atoms with van der Waals surface area (Å²) in [5.74, 6) is 0. The quantitative estimate of drug-likeness (QED) is 0.636. The monoisotopic (exact) mass is 176 g/mol. The van der Waals surface area contributed by atoms with Gasteiger partial charge in [0.1, 0.15) is 0 Å². The highest BCUT2D eigenvalue weighted by Crippen LogP contribution is 2.18. The van der Waals surface area contributed by atoms with Gasteiger partial charge >= 0.3 is 0 Å². The van der Waals surface area contributed by atoms with Crippen molar-refractivity contribution >= 4 is 16.6 Å². The second-order valence-electron chi connectivity index (χ2n) is 3.00. The molecule has 2 aromatic rings. The van der Waals surface area contributed by atoms with Gasteiger partial charge in [-0.15, -0.1) is 0 Å². The average molecular weight is 176 g/mol. The molecule has 1 aromatic heterocycles. The molecule has 0 spiro atoms. The van der Waals surface area contributed by atoms with Crippen molar-refractivity contribution in [2.24, 2.45) is 0 Å². The van der Waals surface area contributed by atoms with Crippen LogP contribution >= 0.6 is 0 Å². The third kappa shape index (κ3) is 2.25. The van der Waals surface area contributed by atoms with E-state index in [1.807, 2.05) is 30.5 Å². The summed E-state index contributed by atoms with van der Waals surface area (Å²) < 4.78 is 0. The van der Waals surface area contributed by atoms with Crippen molar-refractivity contribution < 1.29 is 0 Å². The molecule has 1 aromatic carbocycles. The molecule has 2 heteroatoms. The molecule has 0 bridgehead atoms. The first-order valence-corrected chi connectivity index (χ1v) is 4.61. The standard InChI is InChI=1S/C8H8N2.C3H8/c9-7-5-10-8-4-2-1-3-6(7)8;1-3-2/h1-5,10H,9H2;3H2,1-2H3. The molecular formula is C11H16N2. The molecule has 3 N–H and O–H groups in total. The van der Waals surface area contributed by atoms with Gasteiger partial charge in [0.2, 0.25) is 0 Å². The number of fused-ring (bicyclic) bond motifs is 1. The Morgan fingerprint density at radius 2 is 1.85 bits per heavy atom. The van der Waals surface area contributed by atoms with Crippen molar-refractivity contribution in [1.29, 1.82) is 0 Å². The van der Waals surface area contributed by atoms with Crippen LogP contribution in [0.1, 0.15) is 20.3 Å². The van der Waals surface area contributed by atoms with E-state index in [-0.39, 0.29) is 0 Å². The predicted molar refractivity (Wildman–Crippen MR) is 58.7 cm³/mol. The fourth-order valence-electron chi connectivity index (χ4n) is 1.09. The van der Waals surface area contributed by atoms with Gasteiger partial charge < -0.3 is 10.7 Å². The molecular weight excluding hydrogens is 160 g/mol. The molecule has 2 nitrogen and oxygen atoms in total. The summed E-state index contributed by atoms with van der Waals surface area (Å²) in [5, 5.41) is 1.10. The van der Waals surface area contributed by atoms with Gasteiger partial charge in [-0.1, -0.05) is 38.5 Å². The molecule has 13 heavy (non-hydrogen) atoms. The van der Waals surface area contributed by atoms with Crippen molar-refractivity contribution in [1.82, 2.24) is 4.98 Å². The summed E-state index contributed by atoms with van der Waals surface area (Å²) in [6.45, 7) is 4.25. The van der Waals surface area contributed by atoms with Crippen LogP contribution in [0.4, 0.5) is 5.69 Å². The molecule has 0 unspecified atom stereocenters. The molecule has 0 saturated carbocycles. The number of para-hydroxylation sites is 1. The van der Waals surface area contributed by atoms with Crippen LogP contribution in [-0.2, 0) is 0 Å². The summed E-state index contributed by atoms with van der Waals surface area (Å²) in [4.78, 5) is 3.06. The molecule has 0 atom stereocenters. The Labute approximate surface area is 78.8 Å². The predicted octanol–water partition coefficient (Wildman–Crippen LogP) is 3.17. The van der Waals surface area contributed by atoms with Gasteiger partial charge in [-0.25, -0.2) is 0 Å². The zero-order valence-corrected chi connectivity index (χ0v) is 8.17. The number of H-pyrrole nitrogens is 1. The first-order valence-electron chi connectivity index (χ1n) is 4.61. The highest BCUT2D eigenvalue weighted by molar-refractivity contribution is 5.90. The van der Waals surface area contributed by atoms with Gasteiger partial charge in [-0.05, 0) is 6.07 Å². The summed E-state index contributed by atoms with van der Waals surface area (Å²) in [6.07, 6.45) is 3.06. The fraction of sp³-hybridized carbons (Fsp3) is 0.273. The normalized spacial score (nSPS) is 9.38. The van der Waals surface area contributed by atoms with E-state index in [4.69, 9.17) is 5.73 Å². The van der Waals surface area contributed by atoms with Gasteiger partial charge in [-0.2, -0.15) is 0 Å². The van der Waals surface area contributed by atoms with Crippen molar-refractivity contribution in [3.8, 4) is 0 Å². The minimum Gasteiger partial charge on any atom is -0.397 e. The van der Waals surface area contributed by atoms with Crippen molar-refractivity contribution in [3.05, 3.63) is 30.5 Å². The van der Waals surface area contributed by atoms with Gasteiger partial charge in [0.15, 0.2) is 0 Å². The third-order valence-corrected chi connectivity index (χ3v) is 1.62. The van der Waals surface area contributed by atoms with Crippen LogP contribution in [0, 0.1) is 0 Å². The van der Waals surface area contributed by atoms with Crippen LogP contribution in [0.2, 0.25) is 0 Å². The third-order valence-electron chi connectivity index (χ3n) is 1.62. The molecule has 2 rings (SSSR count). The lowest BCUT2D eigenvalue weighted by molar-refractivity contribution is 1.09. The fourth-order valence-corrected chi connectivity index (χ4v) is 1.09. The zero-order valence-electron chi connectivity index (χ0n) is 8.17. The first-order chi connectivity index (χ1) is 6.29. The highest BCUT2D eigenvalue weighted by atomic mass is 14.7. The Morgan fingerprint density at radius 1 is 1.23 bits per heavy atom.